The van der Waals surface area contributed by atoms with Gasteiger partial charge in [-0.1, -0.05) is 0 Å². The molecule has 2 nitrogen and oxygen atoms in total. The van der Waals surface area contributed by atoms with Crippen molar-refractivity contribution in [3.63, 3.8) is 0 Å². The van der Waals surface area contributed by atoms with Crippen LogP contribution in [0.1, 0.15) is 30.9 Å². The van der Waals surface area contributed by atoms with Crippen molar-refractivity contribution >= 4 is 0 Å². The number of furan rings is 1. The first-order valence-electron chi connectivity index (χ1n) is 3.71. The van der Waals surface area contributed by atoms with Crippen molar-refractivity contribution in [3.05, 3.63) is 23.2 Å². The fraction of sp³-hybridized carbons (Fsp3) is 0.556. The topological polar surface area (TPSA) is 33.4 Å². The highest BCUT2D eigenvalue weighted by molar-refractivity contribution is 5.23. The van der Waals surface area contributed by atoms with Crippen LogP contribution in [0.4, 0.5) is 0 Å². The average Bonchev–Trinajstić information content (AvgIpc) is 2.08. The van der Waals surface area contributed by atoms with Crippen LogP contribution in [-0.4, -0.2) is 5.11 Å². The van der Waals surface area contributed by atoms with Gasteiger partial charge in [0.2, 0.25) is 0 Å². The molecule has 0 spiro atoms. The van der Waals surface area contributed by atoms with Gasteiger partial charge >= 0.3 is 0 Å². The molecule has 0 saturated heterocycles. The summed E-state index contributed by atoms with van der Waals surface area (Å²) in [7, 11) is 0. The van der Waals surface area contributed by atoms with E-state index in [2.05, 4.69) is 0 Å². The summed E-state index contributed by atoms with van der Waals surface area (Å²) in [5.41, 5.74) is 0.147. The third-order valence-electron chi connectivity index (χ3n) is 1.60. The Bertz CT molecular complexity index is 253. The molecule has 0 saturated carbocycles. The number of hydrogen-bond acceptors (Lipinski definition) is 2. The molecule has 0 atom stereocenters. The highest BCUT2D eigenvalue weighted by atomic mass is 16.4. The minimum Gasteiger partial charge on any atom is -0.463 e. The third kappa shape index (κ3) is 1.63. The summed E-state index contributed by atoms with van der Waals surface area (Å²) in [5, 5.41) is 9.59. The standard InChI is InChI=1S/C9H14O2/c1-6-5-7(2)11-8(6)9(3,4)10/h5,10H,1-4H3. The zero-order valence-electron chi connectivity index (χ0n) is 7.43. The minimum absolute atomic E-state index is 0.662. The number of hydrogen-bond donors (Lipinski definition) is 1. The van der Waals surface area contributed by atoms with Gasteiger partial charge in [0.25, 0.3) is 0 Å². The lowest BCUT2D eigenvalue weighted by molar-refractivity contribution is 0.0524. The van der Waals surface area contributed by atoms with Gasteiger partial charge in [-0.15, -0.1) is 0 Å². The van der Waals surface area contributed by atoms with Crippen molar-refractivity contribution in [2.24, 2.45) is 0 Å². The van der Waals surface area contributed by atoms with Gasteiger partial charge in [-0.25, -0.2) is 0 Å². The van der Waals surface area contributed by atoms with E-state index in [-0.39, 0.29) is 0 Å². The molecule has 0 unspecified atom stereocenters. The lowest BCUT2D eigenvalue weighted by Crippen LogP contribution is -2.15. The van der Waals surface area contributed by atoms with Gasteiger partial charge in [0.05, 0.1) is 0 Å². The van der Waals surface area contributed by atoms with Crippen LogP contribution in [0, 0.1) is 13.8 Å². The predicted octanol–water partition coefficient (Wildman–Crippen LogP) is 2.12. The zero-order valence-corrected chi connectivity index (χ0v) is 7.43. The predicted molar refractivity (Wildman–Crippen MR) is 43.4 cm³/mol. The van der Waals surface area contributed by atoms with E-state index < -0.39 is 5.60 Å². The van der Waals surface area contributed by atoms with Gasteiger partial charge in [0.1, 0.15) is 17.1 Å². The molecule has 0 fully saturated rings. The van der Waals surface area contributed by atoms with Gasteiger partial charge in [0, 0.05) is 0 Å². The van der Waals surface area contributed by atoms with Crippen molar-refractivity contribution in [2.75, 3.05) is 0 Å². The van der Waals surface area contributed by atoms with E-state index in [1.165, 1.54) is 0 Å². The fourth-order valence-corrected chi connectivity index (χ4v) is 1.25. The fourth-order valence-electron chi connectivity index (χ4n) is 1.25. The Morgan fingerprint density at radius 2 is 1.91 bits per heavy atom. The molecule has 1 aromatic rings. The van der Waals surface area contributed by atoms with Crippen LogP contribution in [0.25, 0.3) is 0 Å². The summed E-state index contributed by atoms with van der Waals surface area (Å²) >= 11 is 0. The monoisotopic (exact) mass is 154 g/mol. The Balaban J connectivity index is 3.13. The first-order chi connectivity index (χ1) is 4.91. The molecule has 2 heteroatoms. The van der Waals surface area contributed by atoms with E-state index in [9.17, 15) is 5.11 Å². The molecule has 11 heavy (non-hydrogen) atoms. The zero-order chi connectivity index (χ0) is 8.65. The molecule has 0 aliphatic heterocycles. The van der Waals surface area contributed by atoms with E-state index in [0.29, 0.717) is 5.76 Å². The van der Waals surface area contributed by atoms with Crippen LogP contribution >= 0.6 is 0 Å². The Morgan fingerprint density at radius 1 is 1.36 bits per heavy atom. The summed E-state index contributed by atoms with van der Waals surface area (Å²) in [6.07, 6.45) is 0. The van der Waals surface area contributed by atoms with Crippen molar-refractivity contribution in [1.29, 1.82) is 0 Å². The summed E-state index contributed by atoms with van der Waals surface area (Å²) in [5.74, 6) is 1.51. The Kier molecular flexibility index (Phi) is 1.80. The summed E-state index contributed by atoms with van der Waals surface area (Å²) in [6, 6.07) is 1.92. The Morgan fingerprint density at radius 3 is 2.09 bits per heavy atom. The second-order valence-electron chi connectivity index (χ2n) is 3.43. The van der Waals surface area contributed by atoms with E-state index in [0.717, 1.165) is 11.3 Å². The molecule has 0 bridgehead atoms. The van der Waals surface area contributed by atoms with Crippen LogP contribution in [0.5, 0.6) is 0 Å². The molecule has 0 amide bonds. The molecule has 1 N–H and O–H groups in total. The van der Waals surface area contributed by atoms with Crippen molar-refractivity contribution in [2.45, 2.75) is 33.3 Å². The van der Waals surface area contributed by atoms with Gasteiger partial charge in [-0.3, -0.25) is 0 Å². The molecule has 1 heterocycles. The first kappa shape index (κ1) is 8.34. The molecule has 0 radical (unpaired) electrons. The number of aryl methyl sites for hydroxylation is 2. The average molecular weight is 154 g/mol. The maximum absolute atomic E-state index is 9.59. The van der Waals surface area contributed by atoms with Crippen LogP contribution in [0.3, 0.4) is 0 Å². The second-order valence-corrected chi connectivity index (χ2v) is 3.43. The van der Waals surface area contributed by atoms with E-state index >= 15 is 0 Å². The van der Waals surface area contributed by atoms with Gasteiger partial charge < -0.3 is 9.52 Å². The van der Waals surface area contributed by atoms with Gasteiger partial charge in [-0.05, 0) is 39.3 Å². The maximum Gasteiger partial charge on any atom is 0.138 e. The SMILES string of the molecule is Cc1cc(C)c(C(C)(C)O)o1. The molecule has 0 aliphatic rings. The van der Waals surface area contributed by atoms with Crippen LogP contribution in [-0.2, 0) is 5.60 Å². The smallest absolute Gasteiger partial charge is 0.138 e. The second kappa shape index (κ2) is 2.38. The molecule has 1 aromatic heterocycles. The molecule has 0 aliphatic carbocycles. The van der Waals surface area contributed by atoms with Crippen LogP contribution in [0.2, 0.25) is 0 Å². The quantitative estimate of drug-likeness (QED) is 0.672. The normalized spacial score (nSPS) is 12.1. The summed E-state index contributed by atoms with van der Waals surface area (Å²) in [4.78, 5) is 0. The highest BCUT2D eigenvalue weighted by Gasteiger charge is 2.22. The van der Waals surface area contributed by atoms with E-state index in [1.807, 2.05) is 19.9 Å². The lowest BCUT2D eigenvalue weighted by Gasteiger charge is -2.14. The number of aliphatic hydroxyl groups is 1. The molecule has 1 rings (SSSR count). The number of rotatable bonds is 1. The summed E-state index contributed by atoms with van der Waals surface area (Å²) < 4.78 is 5.33. The minimum atomic E-state index is -0.863. The Hall–Kier alpha value is -0.760. The third-order valence-corrected chi connectivity index (χ3v) is 1.60. The first-order valence-corrected chi connectivity index (χ1v) is 3.71. The Labute approximate surface area is 66.8 Å². The van der Waals surface area contributed by atoms with Gasteiger partial charge in [-0.2, -0.15) is 0 Å². The van der Waals surface area contributed by atoms with Gasteiger partial charge in [0.15, 0.2) is 0 Å². The summed E-state index contributed by atoms with van der Waals surface area (Å²) in [6.45, 7) is 7.25. The molecular formula is C9H14O2. The molecule has 0 aromatic carbocycles. The molecular weight excluding hydrogens is 140 g/mol. The van der Waals surface area contributed by atoms with E-state index in [4.69, 9.17) is 4.42 Å². The van der Waals surface area contributed by atoms with Crippen LogP contribution < -0.4 is 0 Å². The van der Waals surface area contributed by atoms with Crippen molar-refractivity contribution in [1.82, 2.24) is 0 Å². The van der Waals surface area contributed by atoms with Crippen molar-refractivity contribution in [3.8, 4) is 0 Å². The largest absolute Gasteiger partial charge is 0.463 e. The maximum atomic E-state index is 9.59. The molecule has 62 valence electrons. The lowest BCUT2D eigenvalue weighted by atomic mass is 10.0. The van der Waals surface area contributed by atoms with Crippen molar-refractivity contribution < 1.29 is 9.52 Å². The van der Waals surface area contributed by atoms with E-state index in [1.54, 1.807) is 13.8 Å². The van der Waals surface area contributed by atoms with Crippen LogP contribution in [0.15, 0.2) is 10.5 Å². The highest BCUT2D eigenvalue weighted by Crippen LogP contribution is 2.25.